The maximum Gasteiger partial charge on any atom is 0.407 e. The smallest absolute Gasteiger partial charge is 0.407 e. The molecule has 1 rings (SSSR count). The van der Waals surface area contributed by atoms with E-state index in [9.17, 15) is 14.7 Å². The molecule has 0 radical (unpaired) electrons. The maximum absolute atomic E-state index is 11.9. The van der Waals surface area contributed by atoms with Crippen LogP contribution in [0.4, 0.5) is 4.79 Å². The lowest BCUT2D eigenvalue weighted by Gasteiger charge is -2.32. The number of ether oxygens (including phenoxy) is 1. The van der Waals surface area contributed by atoms with Crippen LogP contribution in [0.25, 0.3) is 0 Å². The Morgan fingerprint density at radius 2 is 2.11 bits per heavy atom. The first-order valence-electron chi connectivity index (χ1n) is 8.92. The largest absolute Gasteiger partial charge is 0.444 e. The standard InChI is InChI=1S/C13H24N2O4/c1-13(2,3)19-12(18)15-9(10(16)11(14)17)7-8-5-4-6-8/h8-10,16H,4-7H2,1-3H3,(H2,14,17)(H,15,18)/i4D2,5D2,6D2. The van der Waals surface area contributed by atoms with E-state index in [0.29, 0.717) is 0 Å². The minimum atomic E-state index is -2.75. The number of nitrogens with two attached hydrogens (primary N) is 1. The number of carbonyl (C=O) groups is 2. The van der Waals surface area contributed by atoms with E-state index in [1.54, 1.807) is 20.8 Å². The zero-order valence-electron chi connectivity index (χ0n) is 17.2. The predicted octanol–water partition coefficient (Wildman–Crippen LogP) is 0.916. The molecule has 0 aliphatic heterocycles. The Morgan fingerprint density at radius 3 is 2.58 bits per heavy atom. The average Bonchev–Trinajstić information content (AvgIpc) is 2.38. The number of nitrogens with one attached hydrogen (secondary N) is 1. The first-order valence-corrected chi connectivity index (χ1v) is 5.92. The van der Waals surface area contributed by atoms with E-state index in [0.717, 1.165) is 0 Å². The fourth-order valence-electron chi connectivity index (χ4n) is 1.47. The number of rotatable bonds is 5. The van der Waals surface area contributed by atoms with E-state index in [1.807, 2.05) is 0 Å². The molecule has 0 aromatic rings. The number of primary amides is 1. The molecular formula is C13H24N2O4. The SMILES string of the molecule is [2H]C1([2H])C(CC(NC(=O)OC(C)(C)C)C(O)C(N)=O)C([2H])([2H])C1([2H])[2H]. The van der Waals surface area contributed by atoms with Crippen LogP contribution in [0.2, 0.25) is 0 Å². The monoisotopic (exact) mass is 278 g/mol. The van der Waals surface area contributed by atoms with Crippen molar-refractivity contribution >= 4 is 12.0 Å². The van der Waals surface area contributed by atoms with E-state index in [4.69, 9.17) is 18.7 Å². The Morgan fingerprint density at radius 1 is 1.53 bits per heavy atom. The number of amides is 2. The van der Waals surface area contributed by atoms with Crippen molar-refractivity contribution in [3.63, 3.8) is 0 Å². The molecule has 2 amide bonds. The highest BCUT2D eigenvalue weighted by Crippen LogP contribution is 2.31. The lowest BCUT2D eigenvalue weighted by Crippen LogP contribution is -2.51. The van der Waals surface area contributed by atoms with Gasteiger partial charge in [-0.25, -0.2) is 4.79 Å². The summed E-state index contributed by atoms with van der Waals surface area (Å²) in [6.45, 7) is 4.76. The number of aliphatic hydroxyl groups is 1. The van der Waals surface area contributed by atoms with Crippen LogP contribution in [0.1, 0.15) is 54.5 Å². The highest BCUT2D eigenvalue weighted by molar-refractivity contribution is 5.80. The van der Waals surface area contributed by atoms with Crippen LogP contribution in [0.5, 0.6) is 0 Å². The summed E-state index contributed by atoms with van der Waals surface area (Å²) in [5.74, 6) is -2.70. The first-order chi connectivity index (χ1) is 10.9. The molecule has 0 heterocycles. The van der Waals surface area contributed by atoms with Gasteiger partial charge in [0.1, 0.15) is 5.60 Å². The van der Waals surface area contributed by atoms with Crippen molar-refractivity contribution in [2.45, 2.75) is 64.1 Å². The van der Waals surface area contributed by atoms with E-state index in [1.165, 1.54) is 0 Å². The fraction of sp³-hybridized carbons (Fsp3) is 0.846. The Kier molecular flexibility index (Phi) is 2.88. The van der Waals surface area contributed by atoms with Gasteiger partial charge < -0.3 is 20.9 Å². The molecule has 1 aliphatic carbocycles. The van der Waals surface area contributed by atoms with Crippen LogP contribution in [0.3, 0.4) is 0 Å². The molecule has 19 heavy (non-hydrogen) atoms. The second-order valence-electron chi connectivity index (χ2n) is 5.30. The normalized spacial score (nSPS) is 31.8. The topological polar surface area (TPSA) is 102 Å². The second kappa shape index (κ2) is 6.23. The lowest BCUT2D eigenvalue weighted by atomic mass is 9.80. The van der Waals surface area contributed by atoms with Gasteiger partial charge in [-0.1, -0.05) is 19.1 Å². The molecular weight excluding hydrogens is 248 g/mol. The molecule has 0 spiro atoms. The summed E-state index contributed by atoms with van der Waals surface area (Å²) in [6.07, 6.45) is -11.3. The summed E-state index contributed by atoms with van der Waals surface area (Å²) in [4.78, 5) is 23.1. The van der Waals surface area contributed by atoms with E-state index < -0.39 is 61.2 Å². The summed E-state index contributed by atoms with van der Waals surface area (Å²) in [6, 6.07) is -1.43. The van der Waals surface area contributed by atoms with Gasteiger partial charge in [0, 0.05) is 8.22 Å². The van der Waals surface area contributed by atoms with Crippen LogP contribution < -0.4 is 11.1 Å². The van der Waals surface area contributed by atoms with Crippen molar-refractivity contribution in [3.8, 4) is 0 Å². The summed E-state index contributed by atoms with van der Waals surface area (Å²) in [5.41, 5.74) is 4.15. The molecule has 0 saturated heterocycles. The number of hydrogen-bond acceptors (Lipinski definition) is 4. The van der Waals surface area contributed by atoms with Gasteiger partial charge in [0.2, 0.25) is 5.91 Å². The van der Waals surface area contributed by atoms with E-state index in [-0.39, 0.29) is 0 Å². The van der Waals surface area contributed by atoms with Crippen LogP contribution in [-0.4, -0.2) is 34.9 Å². The minimum absolute atomic E-state index is 0.539. The molecule has 6 nitrogen and oxygen atoms in total. The lowest BCUT2D eigenvalue weighted by molar-refractivity contribution is -0.127. The van der Waals surface area contributed by atoms with E-state index >= 15 is 0 Å². The van der Waals surface area contributed by atoms with Gasteiger partial charge in [0.05, 0.1) is 6.04 Å². The minimum Gasteiger partial charge on any atom is -0.444 e. The summed E-state index contributed by atoms with van der Waals surface area (Å²) in [5, 5.41) is 12.1. The Balaban J connectivity index is 3.00. The molecule has 1 fully saturated rings. The third-order valence-electron chi connectivity index (χ3n) is 2.36. The third kappa shape index (κ3) is 5.46. The Labute approximate surface area is 122 Å². The summed E-state index contributed by atoms with van der Waals surface area (Å²) < 4.78 is 51.1. The van der Waals surface area contributed by atoms with Gasteiger partial charge in [0.25, 0.3) is 0 Å². The average molecular weight is 278 g/mol. The Hall–Kier alpha value is -1.30. The van der Waals surface area contributed by atoms with Crippen molar-refractivity contribution in [1.82, 2.24) is 5.32 Å². The molecule has 0 aromatic heterocycles. The van der Waals surface area contributed by atoms with Crippen molar-refractivity contribution in [2.24, 2.45) is 11.7 Å². The zero-order chi connectivity index (χ0) is 20.0. The van der Waals surface area contributed by atoms with E-state index in [2.05, 4.69) is 5.32 Å². The number of alkyl carbamates (subject to hydrolysis) is 1. The van der Waals surface area contributed by atoms with Crippen molar-refractivity contribution in [2.75, 3.05) is 0 Å². The highest BCUT2D eigenvalue weighted by Gasteiger charge is 2.31. The van der Waals surface area contributed by atoms with Gasteiger partial charge in [-0.05, 0) is 33.1 Å². The van der Waals surface area contributed by atoms with Gasteiger partial charge in [-0.2, -0.15) is 0 Å². The molecule has 1 aliphatic rings. The van der Waals surface area contributed by atoms with Crippen LogP contribution >= 0.6 is 0 Å². The summed E-state index contributed by atoms with van der Waals surface area (Å²) in [7, 11) is 0. The van der Waals surface area contributed by atoms with Gasteiger partial charge in [-0.3, -0.25) is 4.79 Å². The van der Waals surface area contributed by atoms with Crippen molar-refractivity contribution in [1.29, 1.82) is 0 Å². The summed E-state index contributed by atoms with van der Waals surface area (Å²) >= 11 is 0. The molecule has 4 N–H and O–H groups in total. The predicted molar refractivity (Wildman–Crippen MR) is 70.3 cm³/mol. The van der Waals surface area contributed by atoms with Crippen molar-refractivity contribution in [3.05, 3.63) is 0 Å². The molecule has 0 bridgehead atoms. The number of aliphatic hydroxyl groups excluding tert-OH is 1. The number of carbonyl (C=O) groups excluding carboxylic acids is 2. The van der Waals surface area contributed by atoms with Gasteiger partial charge in [0.15, 0.2) is 6.10 Å². The zero-order valence-corrected chi connectivity index (χ0v) is 11.2. The highest BCUT2D eigenvalue weighted by atomic mass is 16.6. The van der Waals surface area contributed by atoms with Gasteiger partial charge in [-0.15, -0.1) is 0 Å². The van der Waals surface area contributed by atoms with Crippen LogP contribution in [-0.2, 0) is 9.53 Å². The quantitative estimate of drug-likeness (QED) is 0.695. The van der Waals surface area contributed by atoms with Crippen molar-refractivity contribution < 1.29 is 27.7 Å². The third-order valence-corrected chi connectivity index (χ3v) is 2.36. The molecule has 2 unspecified atom stereocenters. The second-order valence-corrected chi connectivity index (χ2v) is 5.30. The van der Waals surface area contributed by atoms with Crippen LogP contribution in [0, 0.1) is 5.92 Å². The fourth-order valence-corrected chi connectivity index (χ4v) is 1.47. The molecule has 0 aromatic carbocycles. The molecule has 1 saturated carbocycles. The van der Waals surface area contributed by atoms with Gasteiger partial charge >= 0.3 is 6.09 Å². The molecule has 6 heteroatoms. The van der Waals surface area contributed by atoms with Crippen LogP contribution in [0.15, 0.2) is 0 Å². The molecule has 110 valence electrons. The Bertz CT molecular complexity index is 531. The maximum atomic E-state index is 11.9. The molecule has 2 atom stereocenters. The first kappa shape index (κ1) is 8.79. The number of hydrogen-bond donors (Lipinski definition) is 3.